The summed E-state index contributed by atoms with van der Waals surface area (Å²) < 4.78 is 24.6. The first-order valence-electron chi connectivity index (χ1n) is 6.50. The second kappa shape index (κ2) is 7.27. The Bertz CT molecular complexity index is 798. The largest absolute Gasteiger partial charge is 0.350 e. The van der Waals surface area contributed by atoms with Crippen molar-refractivity contribution in [2.45, 2.75) is 19.0 Å². The minimum Gasteiger partial charge on any atom is -0.350 e. The molecule has 0 atom stereocenters. The monoisotopic (exact) mass is 376 g/mol. The predicted octanol–water partition coefficient (Wildman–Crippen LogP) is 0.772. The van der Waals surface area contributed by atoms with Gasteiger partial charge in [0.05, 0.1) is 11.9 Å². The summed E-state index contributed by atoms with van der Waals surface area (Å²) in [5.74, 6) is 1.08. The van der Waals surface area contributed by atoms with Crippen LogP contribution in [0.5, 0.6) is 0 Å². The van der Waals surface area contributed by atoms with E-state index in [-0.39, 0.29) is 11.0 Å². The van der Waals surface area contributed by atoms with Gasteiger partial charge in [-0.25, -0.2) is 18.4 Å². The first kappa shape index (κ1) is 17.7. The molecule has 0 spiro atoms. The number of hydrogen-bond acceptors (Lipinski definition) is 8. The van der Waals surface area contributed by atoms with Gasteiger partial charge in [-0.3, -0.25) is 14.6 Å². The predicted molar refractivity (Wildman–Crippen MR) is 89.5 cm³/mol. The van der Waals surface area contributed by atoms with Crippen LogP contribution in [0.4, 0.5) is 5.13 Å². The standard InChI is InChI=1S/C11H16N6O3S3/c1-6-8(22-11(13-6)17-23(3,19)20)9(18)12-4-5-21-10-14-7(2)15-16-10/h4-5H2,1-3H3,(H,12,18)(H,13,17)(H,14,15,16). The number of carbonyl (C=O) groups is 1. The van der Waals surface area contributed by atoms with E-state index >= 15 is 0 Å². The van der Waals surface area contributed by atoms with Crippen molar-refractivity contribution in [1.29, 1.82) is 0 Å². The van der Waals surface area contributed by atoms with Crippen LogP contribution in [0, 0.1) is 13.8 Å². The number of thioether (sulfide) groups is 1. The van der Waals surface area contributed by atoms with Crippen LogP contribution in [0.1, 0.15) is 21.2 Å². The zero-order valence-corrected chi connectivity index (χ0v) is 15.2. The SMILES string of the molecule is Cc1nc(SCCNC(=O)c2sc(NS(C)(=O)=O)nc2C)n[nH]1. The Kier molecular flexibility index (Phi) is 5.59. The Hall–Kier alpha value is -1.66. The second-order valence-corrected chi connectivity index (χ2v) is 8.43. The van der Waals surface area contributed by atoms with Crippen LogP contribution < -0.4 is 10.0 Å². The van der Waals surface area contributed by atoms with Crippen molar-refractivity contribution in [3.05, 3.63) is 16.4 Å². The molecule has 1 amide bonds. The molecule has 3 N–H and O–H groups in total. The number of carbonyl (C=O) groups excluding carboxylic acids is 1. The number of anilines is 1. The Morgan fingerprint density at radius 3 is 2.70 bits per heavy atom. The van der Waals surface area contributed by atoms with E-state index in [4.69, 9.17) is 0 Å². The molecule has 0 bridgehead atoms. The van der Waals surface area contributed by atoms with E-state index in [0.29, 0.717) is 28.0 Å². The van der Waals surface area contributed by atoms with Gasteiger partial charge in [-0.2, -0.15) is 0 Å². The van der Waals surface area contributed by atoms with Gasteiger partial charge in [0.1, 0.15) is 10.7 Å². The van der Waals surface area contributed by atoms with Gasteiger partial charge >= 0.3 is 0 Å². The lowest BCUT2D eigenvalue weighted by atomic mass is 10.4. The summed E-state index contributed by atoms with van der Waals surface area (Å²) in [5, 5.41) is 10.3. The molecule has 2 heterocycles. The van der Waals surface area contributed by atoms with E-state index in [9.17, 15) is 13.2 Å². The quantitative estimate of drug-likeness (QED) is 0.481. The van der Waals surface area contributed by atoms with Crippen LogP contribution in [0.25, 0.3) is 0 Å². The summed E-state index contributed by atoms with van der Waals surface area (Å²) >= 11 is 2.43. The van der Waals surface area contributed by atoms with E-state index < -0.39 is 10.0 Å². The topological polar surface area (TPSA) is 130 Å². The van der Waals surface area contributed by atoms with E-state index in [0.717, 1.165) is 23.4 Å². The fraction of sp³-hybridized carbons (Fsp3) is 0.455. The van der Waals surface area contributed by atoms with Gasteiger partial charge in [-0.1, -0.05) is 23.1 Å². The summed E-state index contributed by atoms with van der Waals surface area (Å²) in [5.41, 5.74) is 0.482. The molecular weight excluding hydrogens is 360 g/mol. The van der Waals surface area contributed by atoms with E-state index in [1.807, 2.05) is 6.92 Å². The summed E-state index contributed by atoms with van der Waals surface area (Å²) in [6.45, 7) is 3.90. The number of H-pyrrole nitrogens is 1. The molecule has 0 aliphatic heterocycles. The number of sulfonamides is 1. The summed E-state index contributed by atoms with van der Waals surface area (Å²) in [4.78, 5) is 20.7. The number of amides is 1. The third-order valence-corrected chi connectivity index (χ3v) is 5.09. The van der Waals surface area contributed by atoms with Crippen molar-refractivity contribution in [1.82, 2.24) is 25.5 Å². The first-order valence-corrected chi connectivity index (χ1v) is 10.2. The minimum absolute atomic E-state index is 0.181. The highest BCUT2D eigenvalue weighted by Crippen LogP contribution is 2.23. The van der Waals surface area contributed by atoms with Gasteiger partial charge in [0.15, 0.2) is 5.13 Å². The number of hydrogen-bond donors (Lipinski definition) is 3. The molecule has 0 aromatic carbocycles. The van der Waals surface area contributed by atoms with E-state index in [1.165, 1.54) is 11.8 Å². The molecule has 9 nitrogen and oxygen atoms in total. The normalized spacial score (nSPS) is 11.4. The highest BCUT2D eigenvalue weighted by molar-refractivity contribution is 7.99. The van der Waals surface area contributed by atoms with Crippen molar-refractivity contribution in [3.63, 3.8) is 0 Å². The van der Waals surface area contributed by atoms with Crippen LogP contribution in [0.15, 0.2) is 5.16 Å². The molecule has 0 saturated heterocycles. The number of nitrogens with zero attached hydrogens (tertiary/aromatic N) is 3. The maximum atomic E-state index is 12.1. The Balaban J connectivity index is 1.85. The average Bonchev–Trinajstić information content (AvgIpc) is 2.99. The molecule has 2 aromatic rings. The van der Waals surface area contributed by atoms with Crippen LogP contribution in [0.3, 0.4) is 0 Å². The second-order valence-electron chi connectivity index (χ2n) is 4.62. The maximum Gasteiger partial charge on any atom is 0.263 e. The average molecular weight is 376 g/mol. The Morgan fingerprint density at radius 1 is 1.35 bits per heavy atom. The molecule has 126 valence electrons. The lowest BCUT2D eigenvalue weighted by molar-refractivity contribution is 0.0959. The zero-order valence-electron chi connectivity index (χ0n) is 12.7. The zero-order chi connectivity index (χ0) is 17.0. The van der Waals surface area contributed by atoms with Gasteiger partial charge in [-0.05, 0) is 13.8 Å². The maximum absolute atomic E-state index is 12.1. The molecule has 0 aliphatic rings. The fourth-order valence-corrected chi connectivity index (χ4v) is 4.00. The van der Waals surface area contributed by atoms with Gasteiger partial charge in [0, 0.05) is 12.3 Å². The van der Waals surface area contributed by atoms with Gasteiger partial charge < -0.3 is 5.32 Å². The molecule has 0 aliphatic carbocycles. The molecule has 0 radical (unpaired) electrons. The van der Waals surface area contributed by atoms with Crippen molar-refractivity contribution in [2.24, 2.45) is 0 Å². The molecule has 12 heteroatoms. The number of aryl methyl sites for hydroxylation is 2. The third kappa shape index (κ3) is 5.48. The molecule has 0 unspecified atom stereocenters. The highest BCUT2D eigenvalue weighted by atomic mass is 32.2. The summed E-state index contributed by atoms with van der Waals surface area (Å²) in [7, 11) is -3.41. The van der Waals surface area contributed by atoms with Crippen molar-refractivity contribution >= 4 is 44.2 Å². The lowest BCUT2D eigenvalue weighted by Crippen LogP contribution is -2.25. The van der Waals surface area contributed by atoms with Gasteiger partial charge in [-0.15, -0.1) is 5.10 Å². The van der Waals surface area contributed by atoms with E-state index in [2.05, 4.69) is 30.2 Å². The summed E-state index contributed by atoms with van der Waals surface area (Å²) in [6.07, 6.45) is 1.03. The molecule has 0 saturated carbocycles. The minimum atomic E-state index is -3.41. The molecular formula is C11H16N6O3S3. The number of aromatic amines is 1. The fourth-order valence-electron chi connectivity index (χ4n) is 1.58. The third-order valence-electron chi connectivity index (χ3n) is 2.47. The van der Waals surface area contributed by atoms with Crippen LogP contribution in [-0.4, -0.2) is 53.0 Å². The number of thiazole rings is 1. The number of aromatic nitrogens is 4. The lowest BCUT2D eigenvalue weighted by Gasteiger charge is -2.02. The van der Waals surface area contributed by atoms with Gasteiger partial charge in [0.2, 0.25) is 15.2 Å². The number of nitrogens with one attached hydrogen (secondary N) is 3. The Labute approximate surface area is 141 Å². The van der Waals surface area contributed by atoms with Gasteiger partial charge in [0.25, 0.3) is 5.91 Å². The van der Waals surface area contributed by atoms with Crippen LogP contribution in [0.2, 0.25) is 0 Å². The highest BCUT2D eigenvalue weighted by Gasteiger charge is 2.16. The van der Waals surface area contributed by atoms with E-state index in [1.54, 1.807) is 6.92 Å². The first-order chi connectivity index (χ1) is 10.7. The van der Waals surface area contributed by atoms with Crippen LogP contribution in [-0.2, 0) is 10.0 Å². The molecule has 2 rings (SSSR count). The smallest absolute Gasteiger partial charge is 0.263 e. The number of rotatable bonds is 7. The van der Waals surface area contributed by atoms with Crippen LogP contribution >= 0.6 is 23.1 Å². The molecule has 2 aromatic heterocycles. The molecule has 23 heavy (non-hydrogen) atoms. The van der Waals surface area contributed by atoms with Crippen molar-refractivity contribution in [2.75, 3.05) is 23.3 Å². The summed E-state index contributed by atoms with van der Waals surface area (Å²) in [6, 6.07) is 0. The Morgan fingerprint density at radius 2 is 2.09 bits per heavy atom. The van der Waals surface area contributed by atoms with Crippen molar-refractivity contribution in [3.8, 4) is 0 Å². The molecule has 0 fully saturated rings. The van der Waals surface area contributed by atoms with Crippen molar-refractivity contribution < 1.29 is 13.2 Å².